The van der Waals surface area contributed by atoms with E-state index in [4.69, 9.17) is 5.73 Å². The van der Waals surface area contributed by atoms with Crippen molar-refractivity contribution in [2.75, 3.05) is 0 Å². The van der Waals surface area contributed by atoms with E-state index >= 15 is 0 Å². The summed E-state index contributed by atoms with van der Waals surface area (Å²) in [5, 5.41) is 0. The van der Waals surface area contributed by atoms with Gasteiger partial charge in [0.2, 0.25) is 0 Å². The maximum atomic E-state index is 5.57. The molecule has 0 aliphatic heterocycles. The van der Waals surface area contributed by atoms with E-state index in [0.717, 1.165) is 12.1 Å². The lowest BCUT2D eigenvalue weighted by atomic mass is 9.96. The first-order chi connectivity index (χ1) is 6.09. The SMILES string of the molecule is C=C(N)CC(C)c1ccc(C)cc1. The van der Waals surface area contributed by atoms with Crippen LogP contribution in [0.4, 0.5) is 0 Å². The van der Waals surface area contributed by atoms with Gasteiger partial charge in [0, 0.05) is 5.70 Å². The standard InChI is InChI=1S/C12H17N/c1-9-4-6-12(7-5-9)10(2)8-11(3)13/h4-7,10H,3,8,13H2,1-2H3. The topological polar surface area (TPSA) is 26.0 Å². The molecule has 0 saturated heterocycles. The van der Waals surface area contributed by atoms with Crippen LogP contribution in [0.3, 0.4) is 0 Å². The van der Waals surface area contributed by atoms with Gasteiger partial charge >= 0.3 is 0 Å². The zero-order chi connectivity index (χ0) is 9.84. The van der Waals surface area contributed by atoms with Crippen LogP contribution in [0.2, 0.25) is 0 Å². The molecule has 0 radical (unpaired) electrons. The molecule has 1 heteroatoms. The van der Waals surface area contributed by atoms with E-state index in [9.17, 15) is 0 Å². The first kappa shape index (κ1) is 9.85. The third-order valence-corrected chi connectivity index (χ3v) is 2.21. The molecule has 0 aromatic heterocycles. The van der Waals surface area contributed by atoms with Crippen LogP contribution < -0.4 is 5.73 Å². The van der Waals surface area contributed by atoms with Crippen LogP contribution in [-0.4, -0.2) is 0 Å². The fraction of sp³-hybridized carbons (Fsp3) is 0.333. The molecule has 1 aromatic carbocycles. The molecule has 70 valence electrons. The van der Waals surface area contributed by atoms with E-state index in [-0.39, 0.29) is 0 Å². The molecule has 0 heterocycles. The number of allylic oxidation sites excluding steroid dienone is 1. The third kappa shape index (κ3) is 2.94. The maximum absolute atomic E-state index is 5.57. The Morgan fingerprint density at radius 3 is 2.38 bits per heavy atom. The maximum Gasteiger partial charge on any atom is 0.00135 e. The van der Waals surface area contributed by atoms with Gasteiger partial charge in [0.05, 0.1) is 0 Å². The van der Waals surface area contributed by atoms with Gasteiger partial charge in [-0.15, -0.1) is 0 Å². The van der Waals surface area contributed by atoms with Crippen molar-refractivity contribution in [2.24, 2.45) is 5.73 Å². The van der Waals surface area contributed by atoms with Gasteiger partial charge in [0.1, 0.15) is 0 Å². The highest BCUT2D eigenvalue weighted by Gasteiger charge is 2.04. The van der Waals surface area contributed by atoms with Crippen molar-refractivity contribution in [1.82, 2.24) is 0 Å². The third-order valence-electron chi connectivity index (χ3n) is 2.21. The van der Waals surface area contributed by atoms with Gasteiger partial charge in [-0.1, -0.05) is 43.3 Å². The summed E-state index contributed by atoms with van der Waals surface area (Å²) in [6, 6.07) is 8.57. The molecule has 0 aliphatic carbocycles. The van der Waals surface area contributed by atoms with Gasteiger partial charge in [-0.05, 0) is 24.8 Å². The fourth-order valence-corrected chi connectivity index (χ4v) is 1.41. The van der Waals surface area contributed by atoms with Crippen molar-refractivity contribution >= 4 is 0 Å². The number of nitrogens with two attached hydrogens (primary N) is 1. The van der Waals surface area contributed by atoms with Crippen LogP contribution in [0.25, 0.3) is 0 Å². The zero-order valence-corrected chi connectivity index (χ0v) is 8.38. The lowest BCUT2D eigenvalue weighted by Crippen LogP contribution is -2.01. The molecule has 0 spiro atoms. The minimum absolute atomic E-state index is 0.470. The molecule has 0 fully saturated rings. The molecule has 0 saturated carbocycles. The number of benzene rings is 1. The molecule has 1 rings (SSSR count). The Hall–Kier alpha value is -1.24. The summed E-state index contributed by atoms with van der Waals surface area (Å²) in [5.41, 5.74) is 8.95. The van der Waals surface area contributed by atoms with Crippen LogP contribution >= 0.6 is 0 Å². The molecule has 1 aromatic rings. The smallest absolute Gasteiger partial charge is 0.00135 e. The van der Waals surface area contributed by atoms with Crippen molar-refractivity contribution in [1.29, 1.82) is 0 Å². The summed E-state index contributed by atoms with van der Waals surface area (Å²) in [6.07, 6.45) is 0.864. The summed E-state index contributed by atoms with van der Waals surface area (Å²) in [6.45, 7) is 7.98. The molecule has 1 atom stereocenters. The van der Waals surface area contributed by atoms with Crippen LogP contribution in [-0.2, 0) is 0 Å². The lowest BCUT2D eigenvalue weighted by Gasteiger charge is -2.11. The Balaban J connectivity index is 2.71. The molecule has 0 amide bonds. The lowest BCUT2D eigenvalue weighted by molar-refractivity contribution is 0.747. The van der Waals surface area contributed by atoms with Crippen LogP contribution in [0, 0.1) is 6.92 Å². The normalized spacial score (nSPS) is 12.5. The Morgan fingerprint density at radius 2 is 1.92 bits per heavy atom. The van der Waals surface area contributed by atoms with E-state index in [1.807, 2.05) is 0 Å². The predicted molar refractivity (Wildman–Crippen MR) is 57.5 cm³/mol. The van der Waals surface area contributed by atoms with Gasteiger partial charge in [-0.25, -0.2) is 0 Å². The summed E-state index contributed by atoms with van der Waals surface area (Å²) < 4.78 is 0. The van der Waals surface area contributed by atoms with Gasteiger partial charge in [-0.2, -0.15) is 0 Å². The Bertz CT molecular complexity index is 284. The van der Waals surface area contributed by atoms with Gasteiger partial charge in [-0.3, -0.25) is 0 Å². The van der Waals surface area contributed by atoms with Crippen molar-refractivity contribution < 1.29 is 0 Å². The zero-order valence-electron chi connectivity index (χ0n) is 8.38. The second-order valence-electron chi connectivity index (χ2n) is 3.67. The summed E-state index contributed by atoms with van der Waals surface area (Å²) in [4.78, 5) is 0. The Labute approximate surface area is 80.3 Å². The number of hydrogen-bond acceptors (Lipinski definition) is 1. The van der Waals surface area contributed by atoms with Crippen molar-refractivity contribution in [3.8, 4) is 0 Å². The van der Waals surface area contributed by atoms with Crippen LogP contribution in [0.1, 0.15) is 30.4 Å². The van der Waals surface area contributed by atoms with E-state index < -0.39 is 0 Å². The summed E-state index contributed by atoms with van der Waals surface area (Å²) in [7, 11) is 0. The Morgan fingerprint density at radius 1 is 1.38 bits per heavy atom. The molecule has 0 aliphatic rings. The van der Waals surface area contributed by atoms with E-state index in [2.05, 4.69) is 44.7 Å². The van der Waals surface area contributed by atoms with Crippen molar-refractivity contribution in [3.63, 3.8) is 0 Å². The summed E-state index contributed by atoms with van der Waals surface area (Å²) in [5.74, 6) is 0.470. The second-order valence-corrected chi connectivity index (χ2v) is 3.67. The molecule has 2 N–H and O–H groups in total. The largest absolute Gasteiger partial charge is 0.402 e. The minimum atomic E-state index is 0.470. The van der Waals surface area contributed by atoms with E-state index in [1.54, 1.807) is 0 Å². The first-order valence-electron chi connectivity index (χ1n) is 4.59. The highest BCUT2D eigenvalue weighted by atomic mass is 14.6. The highest BCUT2D eigenvalue weighted by Crippen LogP contribution is 2.20. The average Bonchev–Trinajstić information content (AvgIpc) is 2.04. The molecule has 1 nitrogen and oxygen atoms in total. The van der Waals surface area contributed by atoms with Crippen molar-refractivity contribution in [3.05, 3.63) is 47.7 Å². The molecule has 1 unspecified atom stereocenters. The first-order valence-corrected chi connectivity index (χ1v) is 4.59. The molecular formula is C12H17N. The number of hydrogen-bond donors (Lipinski definition) is 1. The highest BCUT2D eigenvalue weighted by molar-refractivity contribution is 5.24. The monoisotopic (exact) mass is 175 g/mol. The molecular weight excluding hydrogens is 158 g/mol. The number of rotatable bonds is 3. The van der Waals surface area contributed by atoms with E-state index in [1.165, 1.54) is 11.1 Å². The quantitative estimate of drug-likeness (QED) is 0.751. The van der Waals surface area contributed by atoms with Gasteiger partial charge in [0.15, 0.2) is 0 Å². The minimum Gasteiger partial charge on any atom is -0.402 e. The van der Waals surface area contributed by atoms with Gasteiger partial charge in [0.25, 0.3) is 0 Å². The molecule has 0 bridgehead atoms. The van der Waals surface area contributed by atoms with Gasteiger partial charge < -0.3 is 5.73 Å². The van der Waals surface area contributed by atoms with Crippen LogP contribution in [0.5, 0.6) is 0 Å². The fourth-order valence-electron chi connectivity index (χ4n) is 1.41. The predicted octanol–water partition coefficient (Wildman–Crippen LogP) is 2.96. The second kappa shape index (κ2) is 4.13. The summed E-state index contributed by atoms with van der Waals surface area (Å²) >= 11 is 0. The van der Waals surface area contributed by atoms with E-state index in [0.29, 0.717) is 5.92 Å². The Kier molecular flexibility index (Phi) is 3.13. The van der Waals surface area contributed by atoms with Crippen LogP contribution in [0.15, 0.2) is 36.5 Å². The number of aryl methyl sites for hydroxylation is 1. The van der Waals surface area contributed by atoms with Crippen molar-refractivity contribution in [2.45, 2.75) is 26.2 Å². The molecule has 13 heavy (non-hydrogen) atoms. The average molecular weight is 175 g/mol.